The Hall–Kier alpha value is -1.06. The largest absolute Gasteiger partial charge is 0.492 e. The van der Waals surface area contributed by atoms with Crippen LogP contribution < -0.4 is 10.1 Å². The zero-order chi connectivity index (χ0) is 12.9. The van der Waals surface area contributed by atoms with Crippen LogP contribution in [0.2, 0.25) is 0 Å². The maximum absolute atomic E-state index is 5.79. The quantitative estimate of drug-likeness (QED) is 0.797. The van der Waals surface area contributed by atoms with Crippen molar-refractivity contribution in [3.63, 3.8) is 0 Å². The summed E-state index contributed by atoms with van der Waals surface area (Å²) in [6, 6.07) is 6.53. The molecule has 19 heavy (non-hydrogen) atoms. The van der Waals surface area contributed by atoms with Crippen LogP contribution in [0.5, 0.6) is 5.75 Å². The molecule has 3 nitrogen and oxygen atoms in total. The van der Waals surface area contributed by atoms with Gasteiger partial charge in [0.15, 0.2) is 0 Å². The number of fused-ring (bicyclic) bond motifs is 1. The van der Waals surface area contributed by atoms with Crippen molar-refractivity contribution >= 4 is 0 Å². The van der Waals surface area contributed by atoms with Crippen molar-refractivity contribution in [2.75, 3.05) is 26.3 Å². The van der Waals surface area contributed by atoms with Crippen LogP contribution in [0.3, 0.4) is 0 Å². The van der Waals surface area contributed by atoms with Gasteiger partial charge in [-0.3, -0.25) is 0 Å². The summed E-state index contributed by atoms with van der Waals surface area (Å²) >= 11 is 0. The van der Waals surface area contributed by atoms with Gasteiger partial charge in [0.05, 0.1) is 6.10 Å². The minimum absolute atomic E-state index is 0.417. The Kier molecular flexibility index (Phi) is 4.36. The summed E-state index contributed by atoms with van der Waals surface area (Å²) in [5.74, 6) is 1.01. The molecule has 3 heteroatoms. The van der Waals surface area contributed by atoms with E-state index in [2.05, 4.69) is 23.5 Å². The summed E-state index contributed by atoms with van der Waals surface area (Å²) in [6.07, 6.45) is 6.56. The van der Waals surface area contributed by atoms with E-state index >= 15 is 0 Å². The maximum atomic E-state index is 5.79. The Morgan fingerprint density at radius 3 is 3.05 bits per heavy atom. The highest BCUT2D eigenvalue weighted by Gasteiger charge is 2.14. The molecule has 1 atom stereocenters. The fraction of sp³-hybridized carbons (Fsp3) is 0.625. The monoisotopic (exact) mass is 261 g/mol. The number of rotatable bonds is 6. The molecule has 1 saturated heterocycles. The van der Waals surface area contributed by atoms with Crippen molar-refractivity contribution in [3.8, 4) is 5.75 Å². The molecule has 1 fully saturated rings. The molecule has 1 aliphatic carbocycles. The van der Waals surface area contributed by atoms with E-state index in [9.17, 15) is 0 Å². The van der Waals surface area contributed by atoms with Crippen molar-refractivity contribution in [3.05, 3.63) is 29.3 Å². The molecule has 1 aliphatic heterocycles. The molecule has 0 radical (unpaired) electrons. The molecule has 0 bridgehead atoms. The van der Waals surface area contributed by atoms with Crippen molar-refractivity contribution in [2.24, 2.45) is 0 Å². The van der Waals surface area contributed by atoms with Crippen molar-refractivity contribution in [1.82, 2.24) is 5.32 Å². The first-order valence-electron chi connectivity index (χ1n) is 7.49. The van der Waals surface area contributed by atoms with E-state index < -0.39 is 0 Å². The first-order valence-corrected chi connectivity index (χ1v) is 7.49. The molecule has 0 amide bonds. The van der Waals surface area contributed by atoms with Crippen LogP contribution >= 0.6 is 0 Å². The van der Waals surface area contributed by atoms with Crippen LogP contribution in [0, 0.1) is 0 Å². The third-order valence-electron chi connectivity index (χ3n) is 4.01. The van der Waals surface area contributed by atoms with E-state index in [1.807, 2.05) is 0 Å². The van der Waals surface area contributed by atoms with E-state index in [1.54, 1.807) is 0 Å². The van der Waals surface area contributed by atoms with Crippen LogP contribution in [0.1, 0.15) is 30.4 Å². The smallest absolute Gasteiger partial charge is 0.119 e. The predicted octanol–water partition coefficient (Wildman–Crippen LogP) is 2.32. The Balaban J connectivity index is 1.35. The van der Waals surface area contributed by atoms with Gasteiger partial charge in [0.25, 0.3) is 0 Å². The molecule has 0 unspecified atom stereocenters. The van der Waals surface area contributed by atoms with Crippen LogP contribution in [-0.2, 0) is 17.6 Å². The van der Waals surface area contributed by atoms with Gasteiger partial charge in [-0.25, -0.2) is 0 Å². The van der Waals surface area contributed by atoms with Gasteiger partial charge in [-0.1, -0.05) is 6.07 Å². The lowest BCUT2D eigenvalue weighted by Gasteiger charge is -2.12. The molecule has 1 aromatic carbocycles. The molecule has 0 aromatic heterocycles. The number of aryl methyl sites for hydroxylation is 2. The summed E-state index contributed by atoms with van der Waals surface area (Å²) in [7, 11) is 0. The lowest BCUT2D eigenvalue weighted by molar-refractivity contribution is 0.109. The summed E-state index contributed by atoms with van der Waals surface area (Å²) < 4.78 is 11.4. The van der Waals surface area contributed by atoms with Gasteiger partial charge in [0, 0.05) is 19.7 Å². The molecule has 2 aliphatic rings. The second-order valence-corrected chi connectivity index (χ2v) is 5.47. The van der Waals surface area contributed by atoms with E-state index in [0.29, 0.717) is 6.10 Å². The van der Waals surface area contributed by atoms with E-state index in [-0.39, 0.29) is 0 Å². The van der Waals surface area contributed by atoms with Gasteiger partial charge in [0.1, 0.15) is 12.4 Å². The molecular formula is C16H23NO2. The average Bonchev–Trinajstić information content (AvgIpc) is 3.08. The van der Waals surface area contributed by atoms with E-state index in [0.717, 1.165) is 32.1 Å². The lowest BCUT2D eigenvalue weighted by atomic mass is 10.1. The topological polar surface area (TPSA) is 30.5 Å². The summed E-state index contributed by atoms with van der Waals surface area (Å²) in [4.78, 5) is 0. The minimum Gasteiger partial charge on any atom is -0.492 e. The van der Waals surface area contributed by atoms with Gasteiger partial charge >= 0.3 is 0 Å². The highest BCUT2D eigenvalue weighted by atomic mass is 16.5. The zero-order valence-electron chi connectivity index (χ0n) is 11.5. The number of ether oxygens (including phenoxy) is 2. The molecule has 1 heterocycles. The third kappa shape index (κ3) is 3.48. The summed E-state index contributed by atoms with van der Waals surface area (Å²) in [5, 5.41) is 3.40. The highest BCUT2D eigenvalue weighted by molar-refractivity contribution is 5.38. The van der Waals surface area contributed by atoms with Gasteiger partial charge in [-0.2, -0.15) is 0 Å². The third-order valence-corrected chi connectivity index (χ3v) is 4.01. The minimum atomic E-state index is 0.417. The normalized spacial score (nSPS) is 21.6. The molecule has 3 rings (SSSR count). The van der Waals surface area contributed by atoms with E-state index in [4.69, 9.17) is 9.47 Å². The van der Waals surface area contributed by atoms with Crippen molar-refractivity contribution in [1.29, 1.82) is 0 Å². The fourth-order valence-electron chi connectivity index (χ4n) is 2.95. The van der Waals surface area contributed by atoms with Gasteiger partial charge < -0.3 is 14.8 Å². The number of benzene rings is 1. The summed E-state index contributed by atoms with van der Waals surface area (Å²) in [5.41, 5.74) is 2.98. The Bertz CT molecular complexity index is 413. The van der Waals surface area contributed by atoms with E-state index in [1.165, 1.54) is 43.2 Å². The zero-order valence-corrected chi connectivity index (χ0v) is 11.5. The molecule has 0 saturated carbocycles. The maximum Gasteiger partial charge on any atom is 0.119 e. The Labute approximate surface area is 115 Å². The van der Waals surface area contributed by atoms with Gasteiger partial charge in [0.2, 0.25) is 0 Å². The molecule has 0 spiro atoms. The Morgan fingerprint density at radius 2 is 2.16 bits per heavy atom. The average molecular weight is 261 g/mol. The number of hydrogen-bond acceptors (Lipinski definition) is 3. The molecule has 1 N–H and O–H groups in total. The molecule has 1 aromatic rings. The second-order valence-electron chi connectivity index (χ2n) is 5.47. The SMILES string of the molecule is c1cc2c(cc1OCCNC[C@H]1CCCO1)CCC2. The van der Waals surface area contributed by atoms with Gasteiger partial charge in [-0.15, -0.1) is 0 Å². The van der Waals surface area contributed by atoms with Crippen LogP contribution in [0.4, 0.5) is 0 Å². The number of hydrogen-bond donors (Lipinski definition) is 1. The summed E-state index contributed by atoms with van der Waals surface area (Å²) in [6.45, 7) is 3.49. The highest BCUT2D eigenvalue weighted by Crippen LogP contribution is 2.25. The van der Waals surface area contributed by atoms with Crippen molar-refractivity contribution < 1.29 is 9.47 Å². The standard InChI is InChI=1S/C16H23NO2/c1-3-13-6-7-15(11-14(13)4-1)19-10-8-17-12-16-5-2-9-18-16/h6-7,11,16-17H,1-5,8-10,12H2/t16-/m1/s1. The molecular weight excluding hydrogens is 238 g/mol. The lowest BCUT2D eigenvalue weighted by Crippen LogP contribution is -2.29. The second kappa shape index (κ2) is 6.40. The van der Waals surface area contributed by atoms with Crippen LogP contribution in [0.25, 0.3) is 0 Å². The molecule has 104 valence electrons. The fourth-order valence-corrected chi connectivity index (χ4v) is 2.95. The first-order chi connectivity index (χ1) is 9.42. The Morgan fingerprint density at radius 1 is 1.21 bits per heavy atom. The number of nitrogens with one attached hydrogen (secondary N) is 1. The predicted molar refractivity (Wildman–Crippen MR) is 75.8 cm³/mol. The van der Waals surface area contributed by atoms with Crippen molar-refractivity contribution in [2.45, 2.75) is 38.2 Å². The van der Waals surface area contributed by atoms with Crippen LogP contribution in [0.15, 0.2) is 18.2 Å². The van der Waals surface area contributed by atoms with Gasteiger partial charge in [-0.05, 0) is 55.4 Å². The van der Waals surface area contributed by atoms with Crippen LogP contribution in [-0.4, -0.2) is 32.4 Å². The first kappa shape index (κ1) is 12.9.